The minimum atomic E-state index is -1.32. The molecular weight excluding hydrogens is 229 g/mol. The molecule has 1 heterocycles. The second kappa shape index (κ2) is 5.18. The Morgan fingerprint density at radius 3 is 2.35 bits per heavy atom. The Hall–Kier alpha value is -0.880. The van der Waals surface area contributed by atoms with Crippen molar-refractivity contribution in [2.45, 2.75) is 51.2 Å². The number of aliphatic hydroxyl groups is 2. The van der Waals surface area contributed by atoms with Gasteiger partial charge in [0.05, 0.1) is 24.4 Å². The fourth-order valence-corrected chi connectivity index (χ4v) is 2.00. The molecule has 1 aliphatic rings. The summed E-state index contributed by atoms with van der Waals surface area (Å²) in [6, 6.07) is -1.10. The van der Waals surface area contributed by atoms with Crippen molar-refractivity contribution >= 4 is 0 Å². The first kappa shape index (κ1) is 14.2. The van der Waals surface area contributed by atoms with Crippen LogP contribution in [0.1, 0.15) is 20.8 Å². The van der Waals surface area contributed by atoms with Crippen LogP contribution in [0.2, 0.25) is 0 Å². The number of nitrogens with zero attached hydrogens (tertiary/aromatic N) is 3. The Morgan fingerprint density at radius 2 is 1.94 bits per heavy atom. The average Bonchev–Trinajstić information content (AvgIpc) is 2.23. The summed E-state index contributed by atoms with van der Waals surface area (Å²) in [5.41, 5.74) is 7.90. The fraction of sp³-hybridized carbons (Fsp3) is 1.00. The van der Waals surface area contributed by atoms with E-state index in [0.717, 1.165) is 0 Å². The molecule has 7 heteroatoms. The molecule has 0 amide bonds. The van der Waals surface area contributed by atoms with Crippen LogP contribution >= 0.6 is 0 Å². The molecule has 1 aliphatic heterocycles. The summed E-state index contributed by atoms with van der Waals surface area (Å²) in [6.45, 7) is 4.57. The SMILES string of the molecule is CC(C)(C)[C@@H]1O[C@H](CF)[C@@H](N=[N+]=[N-])[C@@H](O)[C@H]1O. The quantitative estimate of drug-likeness (QED) is 0.435. The third-order valence-corrected chi connectivity index (χ3v) is 2.90. The van der Waals surface area contributed by atoms with Gasteiger partial charge >= 0.3 is 0 Å². The molecule has 0 spiro atoms. The first-order valence-electron chi connectivity index (χ1n) is 5.44. The van der Waals surface area contributed by atoms with E-state index in [1.165, 1.54) is 0 Å². The van der Waals surface area contributed by atoms with Crippen LogP contribution in [0.3, 0.4) is 0 Å². The normalized spacial score (nSPS) is 38.6. The van der Waals surface area contributed by atoms with Crippen LogP contribution in [0.15, 0.2) is 5.11 Å². The Labute approximate surface area is 99.0 Å². The van der Waals surface area contributed by atoms with E-state index in [2.05, 4.69) is 10.0 Å². The van der Waals surface area contributed by atoms with Gasteiger partial charge < -0.3 is 14.9 Å². The summed E-state index contributed by atoms with van der Waals surface area (Å²) >= 11 is 0. The highest BCUT2D eigenvalue weighted by atomic mass is 19.1. The standard InChI is InChI=1S/C10H18FN3O3/c1-10(2,3)9-8(16)7(15)6(13-14-12)5(4-11)17-9/h5-9,15-16H,4H2,1-3H3/t5-,6-,7-,8-,9-/m1/s1. The zero-order valence-electron chi connectivity index (χ0n) is 10.1. The van der Waals surface area contributed by atoms with Gasteiger partial charge in [-0.1, -0.05) is 25.9 Å². The molecule has 0 bridgehead atoms. The molecule has 0 aromatic heterocycles. The van der Waals surface area contributed by atoms with Crippen molar-refractivity contribution in [3.8, 4) is 0 Å². The highest BCUT2D eigenvalue weighted by Crippen LogP contribution is 2.34. The van der Waals surface area contributed by atoms with Crippen molar-refractivity contribution < 1.29 is 19.3 Å². The van der Waals surface area contributed by atoms with Gasteiger partial charge in [0.25, 0.3) is 0 Å². The van der Waals surface area contributed by atoms with Gasteiger partial charge in [0.15, 0.2) is 0 Å². The summed E-state index contributed by atoms with van der Waals surface area (Å²) in [5.74, 6) is 0. The second-order valence-corrected chi connectivity index (χ2v) is 5.29. The predicted molar refractivity (Wildman–Crippen MR) is 59.0 cm³/mol. The number of hydrogen-bond acceptors (Lipinski definition) is 4. The van der Waals surface area contributed by atoms with Crippen molar-refractivity contribution in [3.05, 3.63) is 10.4 Å². The number of azide groups is 1. The molecule has 0 radical (unpaired) electrons. The van der Waals surface area contributed by atoms with Gasteiger partial charge in [0.1, 0.15) is 12.8 Å². The topological polar surface area (TPSA) is 98.5 Å². The molecule has 5 atom stereocenters. The molecule has 17 heavy (non-hydrogen) atoms. The number of halogens is 1. The summed E-state index contributed by atoms with van der Waals surface area (Å²) in [4.78, 5) is 2.54. The van der Waals surface area contributed by atoms with Gasteiger partial charge in [-0.3, -0.25) is 0 Å². The van der Waals surface area contributed by atoms with Crippen molar-refractivity contribution in [2.24, 2.45) is 10.5 Å². The van der Waals surface area contributed by atoms with Crippen LogP contribution in [0, 0.1) is 5.41 Å². The molecule has 2 N–H and O–H groups in total. The van der Waals surface area contributed by atoms with Gasteiger partial charge in [-0.2, -0.15) is 0 Å². The lowest BCUT2D eigenvalue weighted by atomic mass is 9.80. The predicted octanol–water partition coefficient (Wildman–Crippen LogP) is 1.17. The molecule has 1 fully saturated rings. The van der Waals surface area contributed by atoms with Crippen molar-refractivity contribution in [2.75, 3.05) is 6.67 Å². The highest BCUT2D eigenvalue weighted by Gasteiger charge is 2.48. The zero-order chi connectivity index (χ0) is 13.2. The summed E-state index contributed by atoms with van der Waals surface area (Å²) in [6.07, 6.45) is -4.24. The maximum Gasteiger partial charge on any atom is 0.116 e. The first-order valence-corrected chi connectivity index (χ1v) is 5.44. The summed E-state index contributed by atoms with van der Waals surface area (Å²) in [5, 5.41) is 23.0. The van der Waals surface area contributed by atoms with Crippen LogP contribution in [0.25, 0.3) is 10.4 Å². The Morgan fingerprint density at radius 1 is 1.35 bits per heavy atom. The van der Waals surface area contributed by atoms with E-state index in [0.29, 0.717) is 0 Å². The van der Waals surface area contributed by atoms with E-state index in [9.17, 15) is 14.6 Å². The van der Waals surface area contributed by atoms with Crippen LogP contribution in [-0.2, 0) is 4.74 Å². The van der Waals surface area contributed by atoms with Crippen molar-refractivity contribution in [1.29, 1.82) is 0 Å². The third-order valence-electron chi connectivity index (χ3n) is 2.90. The molecule has 0 aromatic rings. The second-order valence-electron chi connectivity index (χ2n) is 5.29. The van der Waals surface area contributed by atoms with Crippen LogP contribution in [-0.4, -0.2) is 47.3 Å². The Bertz CT molecular complexity index is 312. The van der Waals surface area contributed by atoms with Gasteiger partial charge in [0, 0.05) is 4.91 Å². The molecule has 6 nitrogen and oxygen atoms in total. The lowest BCUT2D eigenvalue weighted by Gasteiger charge is -2.45. The lowest BCUT2D eigenvalue weighted by molar-refractivity contribution is -0.210. The van der Waals surface area contributed by atoms with E-state index in [-0.39, 0.29) is 0 Å². The van der Waals surface area contributed by atoms with Gasteiger partial charge in [-0.05, 0) is 10.9 Å². The zero-order valence-corrected chi connectivity index (χ0v) is 10.1. The van der Waals surface area contributed by atoms with Crippen molar-refractivity contribution in [1.82, 2.24) is 0 Å². The molecule has 98 valence electrons. The molecule has 0 aliphatic carbocycles. The van der Waals surface area contributed by atoms with E-state index in [4.69, 9.17) is 10.3 Å². The minimum absolute atomic E-state index is 0.449. The molecule has 0 aromatic carbocycles. The van der Waals surface area contributed by atoms with E-state index in [1.807, 2.05) is 20.8 Å². The molecular formula is C10H18FN3O3. The molecule has 1 saturated heterocycles. The smallest absolute Gasteiger partial charge is 0.116 e. The monoisotopic (exact) mass is 247 g/mol. The number of rotatable bonds is 2. The fourth-order valence-electron chi connectivity index (χ4n) is 2.00. The Kier molecular flexibility index (Phi) is 4.32. The average molecular weight is 247 g/mol. The molecule has 0 saturated carbocycles. The third kappa shape index (κ3) is 2.87. The summed E-state index contributed by atoms with van der Waals surface area (Å²) < 4.78 is 18.2. The van der Waals surface area contributed by atoms with Crippen LogP contribution in [0.4, 0.5) is 4.39 Å². The minimum Gasteiger partial charge on any atom is -0.390 e. The number of hydrogen-bond donors (Lipinski definition) is 2. The number of alkyl halides is 1. The van der Waals surface area contributed by atoms with Gasteiger partial charge in [-0.15, -0.1) is 0 Å². The largest absolute Gasteiger partial charge is 0.390 e. The Balaban J connectivity index is 2.97. The van der Waals surface area contributed by atoms with Gasteiger partial charge in [0.2, 0.25) is 0 Å². The van der Waals surface area contributed by atoms with Crippen molar-refractivity contribution in [3.63, 3.8) is 0 Å². The van der Waals surface area contributed by atoms with Crippen LogP contribution in [0.5, 0.6) is 0 Å². The maximum absolute atomic E-state index is 12.8. The maximum atomic E-state index is 12.8. The first-order chi connectivity index (χ1) is 7.82. The van der Waals surface area contributed by atoms with Crippen LogP contribution < -0.4 is 0 Å². The van der Waals surface area contributed by atoms with Gasteiger partial charge in [-0.25, -0.2) is 4.39 Å². The lowest BCUT2D eigenvalue weighted by Crippen LogP contribution is -2.60. The van der Waals surface area contributed by atoms with E-state index >= 15 is 0 Å². The van der Waals surface area contributed by atoms with E-state index < -0.39 is 42.5 Å². The molecule has 0 unspecified atom stereocenters. The number of aliphatic hydroxyl groups excluding tert-OH is 2. The number of ether oxygens (including phenoxy) is 1. The highest BCUT2D eigenvalue weighted by molar-refractivity contribution is 4.99. The van der Waals surface area contributed by atoms with E-state index in [1.54, 1.807) is 0 Å². The molecule has 1 rings (SSSR count). The summed E-state index contributed by atoms with van der Waals surface area (Å²) in [7, 11) is 0.